The maximum atomic E-state index is 12.6. The fourth-order valence-corrected chi connectivity index (χ4v) is 2.40. The number of amides is 1. The molecule has 0 N–H and O–H groups in total. The van der Waals surface area contributed by atoms with Gasteiger partial charge in [0.25, 0.3) is 0 Å². The Labute approximate surface area is 167 Å². The van der Waals surface area contributed by atoms with Crippen molar-refractivity contribution >= 4 is 35.1 Å². The van der Waals surface area contributed by atoms with Crippen molar-refractivity contribution < 1.29 is 14.3 Å². The summed E-state index contributed by atoms with van der Waals surface area (Å²) in [4.78, 5) is 25.9. The number of carbonyl (C=O) groups excluding carboxylic acids is 2. The first-order valence-electron chi connectivity index (χ1n) is 8.58. The summed E-state index contributed by atoms with van der Waals surface area (Å²) < 4.78 is 5.26. The molecule has 0 aliphatic heterocycles. The largest absolute Gasteiger partial charge is 0.444 e. The lowest BCUT2D eigenvalue weighted by atomic mass is 9.91. The van der Waals surface area contributed by atoms with E-state index in [0.29, 0.717) is 16.5 Å². The number of carbonyl (C=O) groups is 2. The number of benzene rings is 1. The molecule has 146 valence electrons. The van der Waals surface area contributed by atoms with Crippen molar-refractivity contribution in [3.63, 3.8) is 0 Å². The van der Waals surface area contributed by atoms with E-state index in [0.717, 1.165) is 5.56 Å². The van der Waals surface area contributed by atoms with E-state index in [2.05, 4.69) is 6.58 Å². The highest BCUT2D eigenvalue weighted by atomic mass is 35.5. The highest BCUT2D eigenvalue weighted by molar-refractivity contribution is 6.42. The van der Waals surface area contributed by atoms with Gasteiger partial charge in [0, 0.05) is 13.0 Å². The van der Waals surface area contributed by atoms with Crippen molar-refractivity contribution in [2.24, 2.45) is 0 Å². The van der Waals surface area contributed by atoms with Crippen LogP contribution >= 0.6 is 23.2 Å². The Morgan fingerprint density at radius 3 is 2.27 bits per heavy atom. The van der Waals surface area contributed by atoms with Crippen molar-refractivity contribution in [2.75, 3.05) is 13.6 Å². The molecule has 6 heteroatoms. The van der Waals surface area contributed by atoms with Crippen molar-refractivity contribution in [2.45, 2.75) is 52.6 Å². The van der Waals surface area contributed by atoms with Crippen molar-refractivity contribution in [3.8, 4) is 0 Å². The number of ether oxygens (including phenoxy) is 1. The third kappa shape index (κ3) is 8.24. The minimum atomic E-state index is -0.612. The minimum Gasteiger partial charge on any atom is -0.444 e. The molecule has 0 saturated heterocycles. The first kappa shape index (κ1) is 24.5. The van der Waals surface area contributed by atoms with Gasteiger partial charge in [-0.25, -0.2) is 4.79 Å². The molecule has 0 aliphatic carbocycles. The topological polar surface area (TPSA) is 46.6 Å². The van der Waals surface area contributed by atoms with E-state index in [9.17, 15) is 9.59 Å². The molecule has 1 aromatic rings. The van der Waals surface area contributed by atoms with Crippen LogP contribution in [0.4, 0.5) is 4.79 Å². The van der Waals surface area contributed by atoms with Gasteiger partial charge in [-0.2, -0.15) is 0 Å². The Morgan fingerprint density at radius 1 is 1.23 bits per heavy atom. The van der Waals surface area contributed by atoms with Gasteiger partial charge in [0.05, 0.1) is 16.6 Å². The first-order chi connectivity index (χ1) is 12.0. The van der Waals surface area contributed by atoms with Gasteiger partial charge in [-0.05, 0) is 44.9 Å². The predicted molar refractivity (Wildman–Crippen MR) is 109 cm³/mol. The van der Waals surface area contributed by atoms with Crippen molar-refractivity contribution in [3.05, 3.63) is 46.5 Å². The number of hydrogen-bond acceptors (Lipinski definition) is 3. The van der Waals surface area contributed by atoms with Crippen LogP contribution in [0.1, 0.15) is 52.5 Å². The van der Waals surface area contributed by atoms with Crippen molar-refractivity contribution in [1.29, 1.82) is 0 Å². The highest BCUT2D eigenvalue weighted by Gasteiger charge is 2.25. The zero-order valence-corrected chi connectivity index (χ0v) is 17.9. The molecule has 1 aromatic carbocycles. The molecular weight excluding hydrogens is 373 g/mol. The number of allylic oxidation sites excluding steroid dienone is 1. The van der Waals surface area contributed by atoms with Crippen LogP contribution in [0.25, 0.3) is 0 Å². The number of nitrogens with zero attached hydrogens (tertiary/aromatic N) is 1. The highest BCUT2D eigenvalue weighted by Crippen LogP contribution is 2.29. The summed E-state index contributed by atoms with van der Waals surface area (Å²) in [5, 5.41) is 0.813. The summed E-state index contributed by atoms with van der Waals surface area (Å²) >= 11 is 12.0. The van der Waals surface area contributed by atoms with Crippen LogP contribution in [0, 0.1) is 0 Å². The van der Waals surface area contributed by atoms with Crippen LogP contribution in [-0.2, 0) is 9.53 Å². The molecule has 0 unspecified atom stereocenters. The molecule has 26 heavy (non-hydrogen) atoms. The van der Waals surface area contributed by atoms with E-state index in [1.807, 2.05) is 13.8 Å². The standard InChI is InChI=1S/C18H23Cl2NO3.C2H6/c1-6-7-13(12-8-9-14(19)15(20)10-12)16(22)11-21(5)17(23)24-18(2,3)4;1-2/h6,8-10,13H,1,7,11H2,2-5H3;1-2H3/t13-;/m1./s1. The molecule has 0 spiro atoms. The Hall–Kier alpha value is -1.52. The summed E-state index contributed by atoms with van der Waals surface area (Å²) in [5.41, 5.74) is 0.130. The SMILES string of the molecule is C=CC[C@@H](C(=O)CN(C)C(=O)OC(C)(C)C)c1ccc(Cl)c(Cl)c1.CC. The molecule has 1 atom stereocenters. The maximum absolute atomic E-state index is 12.6. The van der Waals surface area contributed by atoms with E-state index in [1.54, 1.807) is 45.0 Å². The van der Waals surface area contributed by atoms with Crippen LogP contribution in [-0.4, -0.2) is 36.0 Å². The van der Waals surface area contributed by atoms with Crippen LogP contribution in [0.5, 0.6) is 0 Å². The van der Waals surface area contributed by atoms with Crippen molar-refractivity contribution in [1.82, 2.24) is 4.90 Å². The monoisotopic (exact) mass is 401 g/mol. The predicted octanol–water partition coefficient (Wildman–Crippen LogP) is 6.12. The molecule has 0 aliphatic rings. The van der Waals surface area contributed by atoms with Crippen LogP contribution in [0.3, 0.4) is 0 Å². The molecule has 0 fully saturated rings. The number of rotatable bonds is 6. The second-order valence-corrected chi connectivity index (χ2v) is 7.37. The molecule has 1 rings (SSSR count). The second kappa shape index (κ2) is 11.2. The first-order valence-corrected chi connectivity index (χ1v) is 9.33. The molecule has 0 bridgehead atoms. The third-order valence-corrected chi connectivity index (χ3v) is 3.97. The van der Waals surface area contributed by atoms with Gasteiger partial charge in [-0.15, -0.1) is 6.58 Å². The summed E-state index contributed by atoms with van der Waals surface area (Å²) in [6, 6.07) is 5.08. The minimum absolute atomic E-state index is 0.0618. The van der Waals surface area contributed by atoms with E-state index >= 15 is 0 Å². The van der Waals surface area contributed by atoms with E-state index in [-0.39, 0.29) is 12.3 Å². The van der Waals surface area contributed by atoms with Gasteiger partial charge in [0.15, 0.2) is 5.78 Å². The average Bonchev–Trinajstić information content (AvgIpc) is 2.55. The van der Waals surface area contributed by atoms with Gasteiger partial charge in [0.2, 0.25) is 0 Å². The van der Waals surface area contributed by atoms with Gasteiger partial charge in [-0.1, -0.05) is 49.2 Å². The fraction of sp³-hybridized carbons (Fsp3) is 0.500. The van der Waals surface area contributed by atoms with E-state index < -0.39 is 17.6 Å². The van der Waals surface area contributed by atoms with Gasteiger partial charge in [-0.3, -0.25) is 4.79 Å². The maximum Gasteiger partial charge on any atom is 0.410 e. The van der Waals surface area contributed by atoms with Gasteiger partial charge < -0.3 is 9.64 Å². The Balaban J connectivity index is 0.00000301. The van der Waals surface area contributed by atoms with E-state index in [1.165, 1.54) is 11.9 Å². The zero-order valence-electron chi connectivity index (χ0n) is 16.4. The number of likely N-dealkylation sites (N-methyl/N-ethyl adjacent to an activating group) is 1. The average molecular weight is 402 g/mol. The quantitative estimate of drug-likeness (QED) is 0.539. The summed E-state index contributed by atoms with van der Waals surface area (Å²) in [7, 11) is 1.53. The Kier molecular flexibility index (Phi) is 10.6. The normalized spacial score (nSPS) is 11.7. The summed E-state index contributed by atoms with van der Waals surface area (Å²) in [6.45, 7) is 13.0. The lowest BCUT2D eigenvalue weighted by Crippen LogP contribution is -2.38. The third-order valence-electron chi connectivity index (χ3n) is 3.24. The lowest BCUT2D eigenvalue weighted by Gasteiger charge is -2.25. The van der Waals surface area contributed by atoms with Gasteiger partial charge >= 0.3 is 6.09 Å². The number of Topliss-reactive ketones (excluding diaryl/α,β-unsaturated/α-hetero) is 1. The number of ketones is 1. The van der Waals surface area contributed by atoms with Crippen LogP contribution in [0.15, 0.2) is 30.9 Å². The van der Waals surface area contributed by atoms with E-state index in [4.69, 9.17) is 27.9 Å². The molecule has 1 amide bonds. The molecule has 0 saturated carbocycles. The molecule has 0 radical (unpaired) electrons. The fourth-order valence-electron chi connectivity index (χ4n) is 2.10. The van der Waals surface area contributed by atoms with Crippen LogP contribution in [0.2, 0.25) is 10.0 Å². The molecule has 0 heterocycles. The number of halogens is 2. The Bertz CT molecular complexity index is 624. The second-order valence-electron chi connectivity index (χ2n) is 6.55. The molecule has 0 aromatic heterocycles. The Morgan fingerprint density at radius 2 is 1.81 bits per heavy atom. The number of hydrogen-bond donors (Lipinski definition) is 0. The lowest BCUT2D eigenvalue weighted by molar-refractivity contribution is -0.121. The smallest absolute Gasteiger partial charge is 0.410 e. The van der Waals surface area contributed by atoms with Gasteiger partial charge in [0.1, 0.15) is 5.60 Å². The summed E-state index contributed by atoms with van der Waals surface area (Å²) in [6.07, 6.45) is 1.57. The zero-order chi connectivity index (χ0) is 20.5. The molecular formula is C20H29Cl2NO3. The van der Waals surface area contributed by atoms with Crippen LogP contribution < -0.4 is 0 Å². The summed E-state index contributed by atoms with van der Waals surface area (Å²) in [5.74, 6) is -0.566. The molecule has 4 nitrogen and oxygen atoms in total.